The summed E-state index contributed by atoms with van der Waals surface area (Å²) in [6, 6.07) is 0. The summed E-state index contributed by atoms with van der Waals surface area (Å²) in [5.41, 5.74) is -0.730. The lowest BCUT2D eigenvalue weighted by atomic mass is 10.0. The van der Waals surface area contributed by atoms with E-state index in [0.717, 1.165) is 0 Å². The summed E-state index contributed by atoms with van der Waals surface area (Å²) in [7, 11) is 0. The average Bonchev–Trinajstić information content (AvgIpc) is 2.50. The first-order chi connectivity index (χ1) is 6.94. The number of aliphatic hydroxyl groups is 1. The molecule has 0 spiro atoms. The monoisotopic (exact) mass is 213 g/mol. The van der Waals surface area contributed by atoms with Crippen molar-refractivity contribution in [3.63, 3.8) is 0 Å². The Balaban J connectivity index is 2.67. The van der Waals surface area contributed by atoms with Crippen LogP contribution in [0, 0.1) is 0 Å². The molecule has 1 aromatic rings. The van der Waals surface area contributed by atoms with Crippen molar-refractivity contribution in [1.29, 1.82) is 0 Å². The van der Waals surface area contributed by atoms with Crippen molar-refractivity contribution in [2.45, 2.75) is 25.8 Å². The molecule has 1 rings (SSSR count). The third-order valence-electron chi connectivity index (χ3n) is 2.03. The minimum Gasteiger partial charge on any atom is -0.396 e. The van der Waals surface area contributed by atoms with Crippen LogP contribution in [-0.4, -0.2) is 33.1 Å². The Morgan fingerprint density at radius 3 is 2.73 bits per heavy atom. The van der Waals surface area contributed by atoms with E-state index in [1.165, 1.54) is 6.20 Å². The fourth-order valence-corrected chi connectivity index (χ4v) is 1.17. The van der Waals surface area contributed by atoms with Gasteiger partial charge in [-0.3, -0.25) is 4.79 Å². The molecule has 4 N–H and O–H groups in total. The number of aromatic amines is 2. The number of imidazole rings is 1. The summed E-state index contributed by atoms with van der Waals surface area (Å²) in [6.07, 6.45) is 1.76. The van der Waals surface area contributed by atoms with Gasteiger partial charge in [-0.1, -0.05) is 0 Å². The summed E-state index contributed by atoms with van der Waals surface area (Å²) in [5.74, 6) is -0.369. The molecule has 0 atom stereocenters. The molecule has 15 heavy (non-hydrogen) atoms. The fourth-order valence-electron chi connectivity index (χ4n) is 1.17. The van der Waals surface area contributed by atoms with Gasteiger partial charge in [0.05, 0.1) is 0 Å². The predicted molar refractivity (Wildman–Crippen MR) is 54.7 cm³/mol. The van der Waals surface area contributed by atoms with Crippen LogP contribution in [-0.2, 0) is 0 Å². The van der Waals surface area contributed by atoms with E-state index in [0.29, 0.717) is 6.42 Å². The van der Waals surface area contributed by atoms with E-state index in [-0.39, 0.29) is 18.2 Å². The quantitative estimate of drug-likeness (QED) is 0.547. The molecular weight excluding hydrogens is 198 g/mol. The van der Waals surface area contributed by atoms with Gasteiger partial charge < -0.3 is 20.4 Å². The van der Waals surface area contributed by atoms with Crippen LogP contribution in [0.25, 0.3) is 0 Å². The molecule has 0 fully saturated rings. The SMILES string of the molecule is CC(C)(CCO)NC(=O)c1c[nH]c(=O)[nH]1. The molecule has 6 nitrogen and oxygen atoms in total. The predicted octanol–water partition coefficient (Wildman–Crippen LogP) is -0.406. The zero-order valence-corrected chi connectivity index (χ0v) is 8.76. The van der Waals surface area contributed by atoms with Gasteiger partial charge in [-0.15, -0.1) is 0 Å². The first-order valence-corrected chi connectivity index (χ1v) is 4.66. The van der Waals surface area contributed by atoms with Crippen LogP contribution in [0.1, 0.15) is 30.8 Å². The number of H-pyrrole nitrogens is 2. The molecule has 1 heterocycles. The van der Waals surface area contributed by atoms with E-state index in [9.17, 15) is 9.59 Å². The van der Waals surface area contributed by atoms with Crippen molar-refractivity contribution in [2.24, 2.45) is 0 Å². The highest BCUT2D eigenvalue weighted by Crippen LogP contribution is 2.07. The Morgan fingerprint density at radius 1 is 1.60 bits per heavy atom. The molecule has 0 saturated carbocycles. The molecule has 1 amide bonds. The minimum atomic E-state index is -0.500. The van der Waals surface area contributed by atoms with Crippen LogP contribution >= 0.6 is 0 Å². The molecule has 0 bridgehead atoms. The standard InChI is InChI=1S/C9H15N3O3/c1-9(2,3-4-13)12-7(14)6-5-10-8(15)11-6/h5,13H,3-4H2,1-2H3,(H,12,14)(H2,10,11,15). The van der Waals surface area contributed by atoms with Gasteiger partial charge in [0.25, 0.3) is 5.91 Å². The van der Waals surface area contributed by atoms with Crippen LogP contribution in [0.4, 0.5) is 0 Å². The van der Waals surface area contributed by atoms with E-state index in [1.54, 1.807) is 13.8 Å². The van der Waals surface area contributed by atoms with Crippen molar-refractivity contribution in [2.75, 3.05) is 6.61 Å². The van der Waals surface area contributed by atoms with Gasteiger partial charge in [-0.25, -0.2) is 4.79 Å². The highest BCUT2D eigenvalue weighted by Gasteiger charge is 2.21. The molecule has 0 unspecified atom stereocenters. The van der Waals surface area contributed by atoms with E-state index < -0.39 is 11.2 Å². The summed E-state index contributed by atoms with van der Waals surface area (Å²) in [6.45, 7) is 3.59. The second-order valence-corrected chi connectivity index (χ2v) is 3.97. The summed E-state index contributed by atoms with van der Waals surface area (Å²) in [4.78, 5) is 27.0. The molecule has 1 aromatic heterocycles. The molecule has 0 radical (unpaired) electrons. The Labute approximate surface area is 86.7 Å². The number of rotatable bonds is 4. The maximum absolute atomic E-state index is 11.6. The van der Waals surface area contributed by atoms with Crippen molar-refractivity contribution >= 4 is 5.91 Å². The molecule has 0 aliphatic carbocycles. The van der Waals surface area contributed by atoms with E-state index in [4.69, 9.17) is 5.11 Å². The van der Waals surface area contributed by atoms with E-state index in [2.05, 4.69) is 15.3 Å². The maximum Gasteiger partial charge on any atom is 0.323 e. The Hall–Kier alpha value is -1.56. The lowest BCUT2D eigenvalue weighted by Gasteiger charge is -2.24. The molecule has 0 aliphatic heterocycles. The number of aromatic nitrogens is 2. The fraction of sp³-hybridized carbons (Fsp3) is 0.556. The number of hydrogen-bond acceptors (Lipinski definition) is 3. The third kappa shape index (κ3) is 3.25. The zero-order valence-electron chi connectivity index (χ0n) is 8.76. The normalized spacial score (nSPS) is 11.4. The summed E-state index contributed by atoms with van der Waals surface area (Å²) < 4.78 is 0. The second-order valence-electron chi connectivity index (χ2n) is 3.97. The van der Waals surface area contributed by atoms with Crippen LogP contribution in [0.5, 0.6) is 0 Å². The third-order valence-corrected chi connectivity index (χ3v) is 2.03. The molecule has 0 aliphatic rings. The number of carbonyl (C=O) groups excluding carboxylic acids is 1. The number of aliphatic hydroxyl groups excluding tert-OH is 1. The van der Waals surface area contributed by atoms with Crippen molar-refractivity contribution in [1.82, 2.24) is 15.3 Å². The summed E-state index contributed by atoms with van der Waals surface area (Å²) >= 11 is 0. The Kier molecular flexibility index (Phi) is 3.31. The van der Waals surface area contributed by atoms with Crippen molar-refractivity contribution in [3.8, 4) is 0 Å². The van der Waals surface area contributed by atoms with Crippen LogP contribution < -0.4 is 11.0 Å². The first-order valence-electron chi connectivity index (χ1n) is 4.66. The van der Waals surface area contributed by atoms with Gasteiger partial charge in [0, 0.05) is 18.3 Å². The van der Waals surface area contributed by atoms with Gasteiger partial charge in [0.2, 0.25) is 0 Å². The van der Waals surface area contributed by atoms with Gasteiger partial charge in [0.15, 0.2) is 0 Å². The zero-order chi connectivity index (χ0) is 11.5. The van der Waals surface area contributed by atoms with Crippen molar-refractivity contribution in [3.05, 3.63) is 22.4 Å². The highest BCUT2D eigenvalue weighted by atomic mass is 16.3. The van der Waals surface area contributed by atoms with Gasteiger partial charge in [0.1, 0.15) is 5.69 Å². The van der Waals surface area contributed by atoms with Gasteiger partial charge in [-0.05, 0) is 20.3 Å². The van der Waals surface area contributed by atoms with Crippen LogP contribution in [0.3, 0.4) is 0 Å². The molecule has 84 valence electrons. The number of hydrogen-bond donors (Lipinski definition) is 4. The van der Waals surface area contributed by atoms with Crippen molar-refractivity contribution < 1.29 is 9.90 Å². The van der Waals surface area contributed by atoms with E-state index >= 15 is 0 Å². The van der Waals surface area contributed by atoms with Gasteiger partial charge >= 0.3 is 5.69 Å². The lowest BCUT2D eigenvalue weighted by Crippen LogP contribution is -2.44. The first kappa shape index (κ1) is 11.5. The molecule has 0 aromatic carbocycles. The smallest absolute Gasteiger partial charge is 0.323 e. The number of nitrogens with one attached hydrogen (secondary N) is 3. The Morgan fingerprint density at radius 2 is 2.27 bits per heavy atom. The molecule has 6 heteroatoms. The van der Waals surface area contributed by atoms with E-state index in [1.807, 2.05) is 0 Å². The van der Waals surface area contributed by atoms with Crippen LogP contribution in [0.15, 0.2) is 11.0 Å². The topological polar surface area (TPSA) is 98.0 Å². The minimum absolute atomic E-state index is 0.00304. The average molecular weight is 213 g/mol. The second kappa shape index (κ2) is 4.31. The molecule has 0 saturated heterocycles. The molecular formula is C9H15N3O3. The largest absolute Gasteiger partial charge is 0.396 e. The van der Waals surface area contributed by atoms with Crippen LogP contribution in [0.2, 0.25) is 0 Å². The number of carbonyl (C=O) groups is 1. The Bertz CT molecular complexity index is 391. The lowest BCUT2D eigenvalue weighted by molar-refractivity contribution is 0.0894. The summed E-state index contributed by atoms with van der Waals surface area (Å²) in [5, 5.41) is 11.5. The highest BCUT2D eigenvalue weighted by molar-refractivity contribution is 5.92. The van der Waals surface area contributed by atoms with Gasteiger partial charge in [-0.2, -0.15) is 0 Å². The maximum atomic E-state index is 11.6. The number of amides is 1.